The molecule has 1 unspecified atom stereocenters. The Morgan fingerprint density at radius 2 is 2.28 bits per heavy atom. The fourth-order valence-electron chi connectivity index (χ4n) is 1.19. The SMILES string of the molecule is COC(=O)OC(C)ON=[N+]([O-])N1CC[C@H]1C(=O)O. The number of carboxylic acids is 1. The minimum atomic E-state index is -1.13. The van der Waals surface area contributed by atoms with Gasteiger partial charge < -0.3 is 19.8 Å². The standard InChI is InChI=1S/C8H13N3O7/c1-5(17-8(14)16-2)18-9-11(15)10-4-3-6(10)7(12)13/h5-6H,3-4H2,1-2H3,(H,12,13)/t5?,6-/m0/s1. The molecular weight excluding hydrogens is 250 g/mol. The van der Waals surface area contributed by atoms with Gasteiger partial charge in [-0.3, -0.25) is 4.84 Å². The Balaban J connectivity index is 2.42. The molecule has 0 amide bonds. The Bertz CT molecular complexity index is 359. The summed E-state index contributed by atoms with van der Waals surface area (Å²) in [5.41, 5.74) is 0. The maximum Gasteiger partial charge on any atom is 0.511 e. The Morgan fingerprint density at radius 1 is 1.61 bits per heavy atom. The fraction of sp³-hybridized carbons (Fsp3) is 0.750. The number of carbonyl (C=O) groups excluding carboxylic acids is 1. The van der Waals surface area contributed by atoms with Crippen LogP contribution in [0.15, 0.2) is 5.28 Å². The Hall–Kier alpha value is -2.26. The van der Waals surface area contributed by atoms with Crippen LogP contribution in [0, 0.1) is 5.21 Å². The molecule has 2 atom stereocenters. The van der Waals surface area contributed by atoms with Crippen LogP contribution >= 0.6 is 0 Å². The first kappa shape index (κ1) is 13.8. The average molecular weight is 263 g/mol. The molecule has 0 saturated carbocycles. The predicted octanol–water partition coefficient (Wildman–Crippen LogP) is 0.0834. The molecule has 0 bridgehead atoms. The second-order valence-corrected chi connectivity index (χ2v) is 3.39. The lowest BCUT2D eigenvalue weighted by Gasteiger charge is -2.32. The van der Waals surface area contributed by atoms with Crippen LogP contribution < -0.4 is 0 Å². The minimum absolute atomic E-state index is 0.0133. The zero-order chi connectivity index (χ0) is 13.7. The number of methoxy groups -OCH3 is 1. The number of aliphatic carboxylic acids is 1. The van der Waals surface area contributed by atoms with E-state index in [1.165, 1.54) is 6.92 Å². The van der Waals surface area contributed by atoms with Gasteiger partial charge in [-0.1, -0.05) is 0 Å². The van der Waals surface area contributed by atoms with Crippen molar-refractivity contribution in [1.82, 2.24) is 5.01 Å². The van der Waals surface area contributed by atoms with Gasteiger partial charge in [-0.25, -0.2) is 9.59 Å². The second kappa shape index (κ2) is 5.89. The van der Waals surface area contributed by atoms with E-state index in [1.54, 1.807) is 0 Å². The molecule has 0 aromatic rings. The third kappa shape index (κ3) is 3.37. The molecule has 0 aromatic heterocycles. The summed E-state index contributed by atoms with van der Waals surface area (Å²) in [6.07, 6.45) is -1.75. The summed E-state index contributed by atoms with van der Waals surface area (Å²) in [4.78, 5) is 25.9. The van der Waals surface area contributed by atoms with Crippen LogP contribution in [0.4, 0.5) is 4.79 Å². The highest BCUT2D eigenvalue weighted by molar-refractivity contribution is 5.74. The minimum Gasteiger partial charge on any atom is -0.569 e. The Kier molecular flexibility index (Phi) is 4.52. The lowest BCUT2D eigenvalue weighted by atomic mass is 10.1. The molecule has 0 aromatic carbocycles. The number of rotatable bonds is 5. The molecule has 0 spiro atoms. The molecule has 1 fully saturated rings. The van der Waals surface area contributed by atoms with E-state index in [0.29, 0.717) is 6.42 Å². The number of carbonyl (C=O) groups is 2. The lowest BCUT2D eigenvalue weighted by molar-refractivity contribution is -0.730. The van der Waals surface area contributed by atoms with E-state index in [9.17, 15) is 14.8 Å². The van der Waals surface area contributed by atoms with Gasteiger partial charge in [-0.15, -0.1) is 5.01 Å². The molecule has 1 aliphatic heterocycles. The van der Waals surface area contributed by atoms with Gasteiger partial charge in [-0.2, -0.15) is 0 Å². The molecule has 1 aliphatic rings. The highest BCUT2D eigenvalue weighted by Crippen LogP contribution is 2.17. The van der Waals surface area contributed by atoms with E-state index >= 15 is 0 Å². The first-order valence-electron chi connectivity index (χ1n) is 5.03. The van der Waals surface area contributed by atoms with E-state index in [4.69, 9.17) is 5.11 Å². The van der Waals surface area contributed by atoms with Gasteiger partial charge >= 0.3 is 12.1 Å². The number of hydrazine groups is 1. The smallest absolute Gasteiger partial charge is 0.511 e. The van der Waals surface area contributed by atoms with Crippen LogP contribution in [0.3, 0.4) is 0 Å². The first-order valence-corrected chi connectivity index (χ1v) is 5.03. The Labute approximate surface area is 102 Å². The molecule has 18 heavy (non-hydrogen) atoms. The van der Waals surface area contributed by atoms with Crippen LogP contribution in [-0.2, 0) is 19.1 Å². The van der Waals surface area contributed by atoms with E-state index in [2.05, 4.69) is 19.6 Å². The maximum atomic E-state index is 11.3. The largest absolute Gasteiger partial charge is 0.569 e. The van der Waals surface area contributed by atoms with Gasteiger partial charge in [0.15, 0.2) is 6.04 Å². The van der Waals surface area contributed by atoms with Crippen molar-refractivity contribution in [3.05, 3.63) is 5.21 Å². The molecule has 1 heterocycles. The average Bonchev–Trinajstić information content (AvgIpc) is 2.23. The maximum absolute atomic E-state index is 11.3. The van der Waals surface area contributed by atoms with Crippen molar-refractivity contribution < 1.29 is 34.0 Å². The summed E-state index contributed by atoms with van der Waals surface area (Å²) >= 11 is 0. The monoisotopic (exact) mass is 263 g/mol. The van der Waals surface area contributed by atoms with Gasteiger partial charge in [0.05, 0.1) is 18.6 Å². The van der Waals surface area contributed by atoms with Crippen molar-refractivity contribution in [1.29, 1.82) is 0 Å². The summed E-state index contributed by atoms with van der Waals surface area (Å²) in [5, 5.41) is 24.0. The van der Waals surface area contributed by atoms with E-state index in [1.807, 2.05) is 0 Å². The van der Waals surface area contributed by atoms with Crippen molar-refractivity contribution >= 4 is 12.1 Å². The van der Waals surface area contributed by atoms with Crippen molar-refractivity contribution in [2.24, 2.45) is 5.28 Å². The van der Waals surface area contributed by atoms with Gasteiger partial charge in [-0.05, 0) is 0 Å². The van der Waals surface area contributed by atoms with Crippen molar-refractivity contribution in [2.75, 3.05) is 13.7 Å². The topological polar surface area (TPSA) is 124 Å². The van der Waals surface area contributed by atoms with E-state index < -0.39 is 24.5 Å². The lowest BCUT2D eigenvalue weighted by Crippen LogP contribution is -2.55. The van der Waals surface area contributed by atoms with Crippen LogP contribution in [0.25, 0.3) is 0 Å². The summed E-state index contributed by atoms with van der Waals surface area (Å²) in [7, 11) is 1.11. The molecule has 1 N–H and O–H groups in total. The van der Waals surface area contributed by atoms with Gasteiger partial charge in [0.25, 0.3) is 6.29 Å². The number of ether oxygens (including phenoxy) is 2. The number of hydrogen-bond acceptors (Lipinski definition) is 7. The highest BCUT2D eigenvalue weighted by atomic mass is 16.8. The number of hydrogen-bond donors (Lipinski definition) is 1. The zero-order valence-electron chi connectivity index (χ0n) is 9.81. The third-order valence-corrected chi connectivity index (χ3v) is 2.19. The van der Waals surface area contributed by atoms with Gasteiger partial charge in [0.2, 0.25) is 5.28 Å². The van der Waals surface area contributed by atoms with Crippen molar-refractivity contribution in [3.8, 4) is 0 Å². The molecule has 10 heteroatoms. The number of nitrogens with zero attached hydrogens (tertiary/aromatic N) is 3. The summed E-state index contributed by atoms with van der Waals surface area (Å²) in [5.74, 6) is -1.11. The molecule has 102 valence electrons. The molecule has 0 aliphatic carbocycles. The summed E-state index contributed by atoms with van der Waals surface area (Å²) in [6, 6.07) is -0.910. The molecule has 1 rings (SSSR count). The van der Waals surface area contributed by atoms with Crippen molar-refractivity contribution in [3.63, 3.8) is 0 Å². The second-order valence-electron chi connectivity index (χ2n) is 3.39. The first-order chi connectivity index (χ1) is 8.45. The van der Waals surface area contributed by atoms with Crippen LogP contribution in [0.2, 0.25) is 0 Å². The number of carboxylic acid groups (broad SMARTS) is 1. The van der Waals surface area contributed by atoms with Crippen LogP contribution in [0.1, 0.15) is 13.3 Å². The van der Waals surface area contributed by atoms with Crippen molar-refractivity contribution in [2.45, 2.75) is 25.7 Å². The summed E-state index contributed by atoms with van der Waals surface area (Å²) < 4.78 is 8.67. The molecule has 10 nitrogen and oxygen atoms in total. The molecule has 0 radical (unpaired) electrons. The van der Waals surface area contributed by atoms with Crippen LogP contribution in [0.5, 0.6) is 0 Å². The molecular formula is C8H13N3O7. The van der Waals surface area contributed by atoms with E-state index in [-0.39, 0.29) is 11.5 Å². The predicted molar refractivity (Wildman–Crippen MR) is 52.8 cm³/mol. The van der Waals surface area contributed by atoms with Crippen LogP contribution in [-0.4, -0.2) is 53.2 Å². The fourth-order valence-corrected chi connectivity index (χ4v) is 1.19. The quantitative estimate of drug-likeness (QED) is 0.243. The third-order valence-electron chi connectivity index (χ3n) is 2.19. The highest BCUT2D eigenvalue weighted by Gasteiger charge is 2.41. The zero-order valence-corrected chi connectivity index (χ0v) is 9.81. The molecule has 1 saturated heterocycles. The summed E-state index contributed by atoms with van der Waals surface area (Å²) in [6.45, 7) is 1.58. The van der Waals surface area contributed by atoms with Gasteiger partial charge in [0.1, 0.15) is 0 Å². The van der Waals surface area contributed by atoms with Gasteiger partial charge in [0, 0.05) is 13.3 Å². The van der Waals surface area contributed by atoms with E-state index in [0.717, 1.165) is 12.1 Å². The Morgan fingerprint density at radius 3 is 2.72 bits per heavy atom. The normalized spacial score (nSPS) is 20.7.